The number of rotatable bonds is 7. The van der Waals surface area contributed by atoms with Gasteiger partial charge in [0.05, 0.1) is 9.39 Å². The van der Waals surface area contributed by atoms with Gasteiger partial charge in [-0.2, -0.15) is 11.8 Å². The van der Waals surface area contributed by atoms with Gasteiger partial charge in [-0.05, 0) is 41.9 Å². The summed E-state index contributed by atoms with van der Waals surface area (Å²) in [5.74, 6) is 1.83. The molecule has 1 heterocycles. The molecular weight excluding hydrogens is 306 g/mol. The quantitative estimate of drug-likeness (QED) is 0.756. The number of thiophene rings is 1. The molecule has 0 unspecified atom stereocenters. The van der Waals surface area contributed by atoms with Gasteiger partial charge in [0.2, 0.25) is 0 Å². The predicted molar refractivity (Wildman–Crippen MR) is 77.3 cm³/mol. The zero-order chi connectivity index (χ0) is 12.0. The summed E-state index contributed by atoms with van der Waals surface area (Å²) in [6, 6.07) is 4.20. The first-order chi connectivity index (χ1) is 7.47. The van der Waals surface area contributed by atoms with Gasteiger partial charge in [0.1, 0.15) is 0 Å². The van der Waals surface area contributed by atoms with Crippen LogP contribution >= 0.6 is 39.0 Å². The maximum absolute atomic E-state index is 9.51. The summed E-state index contributed by atoms with van der Waals surface area (Å²) in [5, 5.41) is 12.9. The lowest BCUT2D eigenvalue weighted by Gasteiger charge is -2.15. The number of thioether (sulfide) groups is 1. The lowest BCUT2D eigenvalue weighted by atomic mass is 10.2. The van der Waals surface area contributed by atoms with Crippen molar-refractivity contribution in [3.05, 3.63) is 20.8 Å². The Morgan fingerprint density at radius 3 is 2.81 bits per heavy atom. The van der Waals surface area contributed by atoms with Gasteiger partial charge < -0.3 is 10.4 Å². The Morgan fingerprint density at radius 1 is 1.50 bits per heavy atom. The van der Waals surface area contributed by atoms with E-state index in [9.17, 15) is 5.11 Å². The van der Waals surface area contributed by atoms with Gasteiger partial charge in [-0.15, -0.1) is 11.3 Å². The van der Waals surface area contributed by atoms with Gasteiger partial charge in [0.15, 0.2) is 0 Å². The summed E-state index contributed by atoms with van der Waals surface area (Å²) in [6.07, 6.45) is 0. The van der Waals surface area contributed by atoms with Crippen LogP contribution < -0.4 is 5.32 Å². The molecule has 0 atom stereocenters. The number of halogens is 1. The molecule has 0 aromatic carbocycles. The average Bonchev–Trinajstić information content (AvgIpc) is 2.56. The molecule has 5 heteroatoms. The van der Waals surface area contributed by atoms with E-state index in [2.05, 4.69) is 33.4 Å². The van der Waals surface area contributed by atoms with Gasteiger partial charge in [-0.1, -0.05) is 0 Å². The summed E-state index contributed by atoms with van der Waals surface area (Å²) in [7, 11) is 0. The second-order valence-corrected chi connectivity index (χ2v) is 7.90. The summed E-state index contributed by atoms with van der Waals surface area (Å²) in [4.78, 5) is 1.35. The minimum absolute atomic E-state index is 0.552. The molecule has 0 amide bonds. The molecule has 0 radical (unpaired) electrons. The maximum Gasteiger partial charge on any atom is 0.0701 e. The van der Waals surface area contributed by atoms with E-state index in [4.69, 9.17) is 0 Å². The summed E-state index contributed by atoms with van der Waals surface area (Å²) >= 11 is 6.99. The summed E-state index contributed by atoms with van der Waals surface area (Å²) in [6.45, 7) is 5.60. The lowest BCUT2D eigenvalue weighted by Crippen LogP contribution is -2.23. The largest absolute Gasteiger partial charge is 0.390 e. The predicted octanol–water partition coefficient (Wildman–Crippen LogP) is 3.10. The average molecular weight is 324 g/mol. The van der Waals surface area contributed by atoms with E-state index >= 15 is 0 Å². The Morgan fingerprint density at radius 2 is 2.25 bits per heavy atom. The molecule has 92 valence electrons. The van der Waals surface area contributed by atoms with E-state index in [1.165, 1.54) is 8.66 Å². The second kappa shape index (κ2) is 7.01. The molecule has 0 bridgehead atoms. The van der Waals surface area contributed by atoms with Crippen LogP contribution in [0.4, 0.5) is 0 Å². The normalized spacial score (nSPS) is 12.0. The monoisotopic (exact) mass is 323 g/mol. The van der Waals surface area contributed by atoms with Crippen molar-refractivity contribution in [2.45, 2.75) is 26.0 Å². The first-order valence-electron chi connectivity index (χ1n) is 5.22. The Kier molecular flexibility index (Phi) is 6.36. The molecule has 0 aliphatic heterocycles. The van der Waals surface area contributed by atoms with Crippen LogP contribution in [0.15, 0.2) is 15.9 Å². The molecule has 0 saturated heterocycles. The molecule has 0 spiro atoms. The molecular formula is C11H18BrNOS2. The molecule has 0 fully saturated rings. The highest BCUT2D eigenvalue weighted by atomic mass is 79.9. The topological polar surface area (TPSA) is 32.3 Å². The second-order valence-electron chi connectivity index (χ2n) is 4.25. The Labute approximate surface area is 114 Å². The molecule has 1 aromatic heterocycles. The summed E-state index contributed by atoms with van der Waals surface area (Å²) < 4.78 is 1.18. The zero-order valence-electron chi connectivity index (χ0n) is 9.62. The Balaban J connectivity index is 2.00. The Bertz CT molecular complexity index is 309. The van der Waals surface area contributed by atoms with Crippen LogP contribution in [0.2, 0.25) is 0 Å². The van der Waals surface area contributed by atoms with E-state index < -0.39 is 5.60 Å². The third kappa shape index (κ3) is 6.91. The molecule has 0 aliphatic rings. The number of hydrogen-bond donors (Lipinski definition) is 2. The van der Waals surface area contributed by atoms with Gasteiger partial charge in [-0.3, -0.25) is 0 Å². The van der Waals surface area contributed by atoms with Crippen molar-refractivity contribution >= 4 is 39.0 Å². The van der Waals surface area contributed by atoms with Crippen molar-refractivity contribution in [2.75, 3.05) is 18.1 Å². The molecule has 2 N–H and O–H groups in total. The molecule has 16 heavy (non-hydrogen) atoms. The molecule has 0 saturated carbocycles. The smallest absolute Gasteiger partial charge is 0.0701 e. The number of hydrogen-bond acceptors (Lipinski definition) is 4. The fourth-order valence-electron chi connectivity index (χ4n) is 1.12. The summed E-state index contributed by atoms with van der Waals surface area (Å²) in [5.41, 5.74) is -0.552. The Hall–Kier alpha value is 0.450. The highest BCUT2D eigenvalue weighted by Crippen LogP contribution is 2.21. The van der Waals surface area contributed by atoms with Crippen LogP contribution in [-0.4, -0.2) is 28.8 Å². The van der Waals surface area contributed by atoms with Gasteiger partial charge in [0, 0.05) is 29.5 Å². The minimum atomic E-state index is -0.552. The number of aliphatic hydroxyl groups is 1. The van der Waals surface area contributed by atoms with Crippen molar-refractivity contribution in [2.24, 2.45) is 0 Å². The zero-order valence-corrected chi connectivity index (χ0v) is 12.8. The fourth-order valence-corrected chi connectivity index (χ4v) is 3.51. The standard InChI is InChI=1S/C11H18BrNOS2/c1-11(2,14)8-15-6-5-13-7-9-3-4-10(12)16-9/h3-4,13-14H,5-8H2,1-2H3. The first-order valence-corrected chi connectivity index (χ1v) is 7.99. The third-order valence-corrected chi connectivity index (χ3v) is 4.83. The van der Waals surface area contributed by atoms with Crippen molar-refractivity contribution in [1.29, 1.82) is 0 Å². The maximum atomic E-state index is 9.51. The highest BCUT2D eigenvalue weighted by Gasteiger charge is 2.11. The lowest BCUT2D eigenvalue weighted by molar-refractivity contribution is 0.107. The van der Waals surface area contributed by atoms with Crippen LogP contribution in [0.25, 0.3) is 0 Å². The first kappa shape index (κ1) is 14.5. The van der Waals surface area contributed by atoms with Crippen LogP contribution in [0, 0.1) is 0 Å². The van der Waals surface area contributed by atoms with Crippen LogP contribution in [0.3, 0.4) is 0 Å². The van der Waals surface area contributed by atoms with E-state index in [-0.39, 0.29) is 0 Å². The van der Waals surface area contributed by atoms with Crippen LogP contribution in [0.1, 0.15) is 18.7 Å². The molecule has 0 aliphatic carbocycles. The van der Waals surface area contributed by atoms with Crippen molar-refractivity contribution in [3.8, 4) is 0 Å². The third-order valence-electron chi connectivity index (χ3n) is 1.81. The fraction of sp³-hybridized carbons (Fsp3) is 0.636. The molecule has 1 rings (SSSR count). The van der Waals surface area contributed by atoms with E-state index in [0.29, 0.717) is 0 Å². The molecule has 2 nitrogen and oxygen atoms in total. The van der Waals surface area contributed by atoms with Gasteiger partial charge >= 0.3 is 0 Å². The van der Waals surface area contributed by atoms with Gasteiger partial charge in [0.25, 0.3) is 0 Å². The van der Waals surface area contributed by atoms with E-state index in [1.807, 2.05) is 13.8 Å². The van der Waals surface area contributed by atoms with E-state index in [0.717, 1.165) is 24.6 Å². The van der Waals surface area contributed by atoms with Crippen molar-refractivity contribution in [1.82, 2.24) is 5.32 Å². The minimum Gasteiger partial charge on any atom is -0.390 e. The van der Waals surface area contributed by atoms with E-state index in [1.54, 1.807) is 23.1 Å². The SMILES string of the molecule is CC(C)(O)CSCCNCc1ccc(Br)s1. The van der Waals surface area contributed by atoms with Crippen molar-refractivity contribution < 1.29 is 5.11 Å². The van der Waals surface area contributed by atoms with Crippen LogP contribution in [0.5, 0.6) is 0 Å². The molecule has 1 aromatic rings. The van der Waals surface area contributed by atoms with Gasteiger partial charge in [-0.25, -0.2) is 0 Å². The van der Waals surface area contributed by atoms with Crippen LogP contribution in [-0.2, 0) is 6.54 Å². The highest BCUT2D eigenvalue weighted by molar-refractivity contribution is 9.11. The number of nitrogens with one attached hydrogen (secondary N) is 1. The van der Waals surface area contributed by atoms with Crippen molar-refractivity contribution in [3.63, 3.8) is 0 Å².